The highest BCUT2D eigenvalue weighted by Gasteiger charge is 2.16. The molecule has 1 aliphatic heterocycles. The number of benzene rings is 2. The SMILES string of the molecule is C[N+](C)=C1C=CC(=CC=CC=C2C=C(c3ccccc3)Sc3ccccc32)C=C1. The zero-order valence-corrected chi connectivity index (χ0v) is 17.6. The van der Waals surface area contributed by atoms with Gasteiger partial charge in [0.05, 0.1) is 0 Å². The van der Waals surface area contributed by atoms with Gasteiger partial charge in [-0.2, -0.15) is 0 Å². The molecule has 142 valence electrons. The largest absolute Gasteiger partial charge is 0.235 e. The Morgan fingerprint density at radius 1 is 0.759 bits per heavy atom. The summed E-state index contributed by atoms with van der Waals surface area (Å²) in [7, 11) is 4.12. The second-order valence-corrected chi connectivity index (χ2v) is 8.22. The maximum absolute atomic E-state index is 2.29. The van der Waals surface area contributed by atoms with Crippen LogP contribution in [0.1, 0.15) is 11.1 Å². The summed E-state index contributed by atoms with van der Waals surface area (Å²) in [5.41, 5.74) is 6.20. The Hall–Kier alpha value is -3.10. The van der Waals surface area contributed by atoms with E-state index in [9.17, 15) is 0 Å². The van der Waals surface area contributed by atoms with Gasteiger partial charge in [0, 0.05) is 22.0 Å². The molecule has 0 atom stereocenters. The fourth-order valence-corrected chi connectivity index (χ4v) is 4.37. The van der Waals surface area contributed by atoms with Crippen LogP contribution in [0, 0.1) is 0 Å². The number of thioether (sulfide) groups is 1. The average Bonchev–Trinajstić information content (AvgIpc) is 2.77. The smallest absolute Gasteiger partial charge is 0.199 e. The highest BCUT2D eigenvalue weighted by molar-refractivity contribution is 8.08. The number of fused-ring (bicyclic) bond motifs is 1. The van der Waals surface area contributed by atoms with Crippen LogP contribution >= 0.6 is 11.8 Å². The van der Waals surface area contributed by atoms with Crippen LogP contribution in [0.2, 0.25) is 0 Å². The van der Waals surface area contributed by atoms with Gasteiger partial charge in [-0.25, -0.2) is 4.58 Å². The lowest BCUT2D eigenvalue weighted by atomic mass is 10.0. The summed E-state index contributed by atoms with van der Waals surface area (Å²) in [5, 5.41) is 0. The van der Waals surface area contributed by atoms with Crippen molar-refractivity contribution in [1.29, 1.82) is 0 Å². The van der Waals surface area contributed by atoms with Crippen molar-refractivity contribution in [2.24, 2.45) is 0 Å². The van der Waals surface area contributed by atoms with E-state index in [1.165, 1.54) is 37.8 Å². The van der Waals surface area contributed by atoms with Crippen molar-refractivity contribution < 1.29 is 4.58 Å². The second-order valence-electron chi connectivity index (χ2n) is 7.13. The van der Waals surface area contributed by atoms with Gasteiger partial charge in [-0.3, -0.25) is 0 Å². The van der Waals surface area contributed by atoms with Crippen molar-refractivity contribution in [3.8, 4) is 0 Å². The zero-order chi connectivity index (χ0) is 20.1. The Labute approximate surface area is 177 Å². The molecule has 0 spiro atoms. The minimum Gasteiger partial charge on any atom is -0.235 e. The molecular weight excluding hydrogens is 370 g/mol. The van der Waals surface area contributed by atoms with Crippen LogP contribution in [0.4, 0.5) is 0 Å². The van der Waals surface area contributed by atoms with E-state index in [-0.39, 0.29) is 0 Å². The van der Waals surface area contributed by atoms with Gasteiger partial charge >= 0.3 is 0 Å². The van der Waals surface area contributed by atoms with E-state index < -0.39 is 0 Å². The van der Waals surface area contributed by atoms with Gasteiger partial charge in [-0.05, 0) is 46.6 Å². The summed E-state index contributed by atoms with van der Waals surface area (Å²) < 4.78 is 2.11. The molecule has 0 saturated carbocycles. The third-order valence-corrected chi connectivity index (χ3v) is 6.00. The van der Waals surface area contributed by atoms with Gasteiger partial charge in [-0.1, -0.05) is 84.6 Å². The first kappa shape index (κ1) is 19.2. The molecule has 1 nitrogen and oxygen atoms in total. The van der Waals surface area contributed by atoms with Crippen LogP contribution in [0.3, 0.4) is 0 Å². The predicted molar refractivity (Wildman–Crippen MR) is 127 cm³/mol. The third-order valence-electron chi connectivity index (χ3n) is 4.85. The van der Waals surface area contributed by atoms with Crippen LogP contribution in [0.15, 0.2) is 120 Å². The van der Waals surface area contributed by atoms with Crippen molar-refractivity contribution in [2.45, 2.75) is 4.90 Å². The summed E-state index contributed by atoms with van der Waals surface area (Å²) in [6.45, 7) is 0. The summed E-state index contributed by atoms with van der Waals surface area (Å²) in [4.78, 5) is 2.59. The zero-order valence-electron chi connectivity index (χ0n) is 16.7. The van der Waals surface area contributed by atoms with E-state index in [1.807, 2.05) is 11.8 Å². The normalized spacial score (nSPS) is 16.9. The minimum absolute atomic E-state index is 1.20. The quantitative estimate of drug-likeness (QED) is 0.534. The Bertz CT molecular complexity index is 1100. The Kier molecular flexibility index (Phi) is 5.92. The minimum atomic E-state index is 1.20. The highest BCUT2D eigenvalue weighted by atomic mass is 32.2. The first-order valence-electron chi connectivity index (χ1n) is 9.74. The number of nitrogens with zero attached hydrogens (tertiary/aromatic N) is 1. The highest BCUT2D eigenvalue weighted by Crippen LogP contribution is 2.44. The van der Waals surface area contributed by atoms with Crippen molar-refractivity contribution in [2.75, 3.05) is 14.1 Å². The fraction of sp³-hybridized carbons (Fsp3) is 0.0741. The van der Waals surface area contributed by atoms with E-state index in [0.29, 0.717) is 0 Å². The molecule has 2 aromatic carbocycles. The van der Waals surface area contributed by atoms with Gasteiger partial charge in [0.15, 0.2) is 5.71 Å². The molecule has 0 saturated heterocycles. The number of allylic oxidation sites excluding steroid dienone is 11. The molecule has 2 heteroatoms. The molecule has 0 aromatic heterocycles. The average molecular weight is 395 g/mol. The molecule has 0 bridgehead atoms. The van der Waals surface area contributed by atoms with Gasteiger partial charge in [-0.15, -0.1) is 0 Å². The van der Waals surface area contributed by atoms with Gasteiger partial charge in [0.2, 0.25) is 0 Å². The standard InChI is InChI=1S/C27H24NS/c1-28(2)24-18-16-21(17-19-24)10-6-7-13-23-20-27(22-11-4-3-5-12-22)29-26-15-9-8-14-25(23)26/h3-20H,1-2H3/q+1. The van der Waals surface area contributed by atoms with E-state index in [1.54, 1.807) is 0 Å². The van der Waals surface area contributed by atoms with E-state index in [0.717, 1.165) is 0 Å². The summed E-state index contributed by atoms with van der Waals surface area (Å²) in [6, 6.07) is 19.2. The molecule has 1 heterocycles. The summed E-state index contributed by atoms with van der Waals surface area (Å²) in [5.74, 6) is 0. The molecule has 2 aromatic rings. The van der Waals surface area contributed by atoms with Crippen LogP contribution in [-0.4, -0.2) is 24.4 Å². The third kappa shape index (κ3) is 4.67. The lowest BCUT2D eigenvalue weighted by Gasteiger charge is -2.18. The first-order chi connectivity index (χ1) is 14.2. The van der Waals surface area contributed by atoms with E-state index in [4.69, 9.17) is 0 Å². The first-order valence-corrected chi connectivity index (χ1v) is 10.6. The van der Waals surface area contributed by atoms with Crippen LogP contribution < -0.4 is 0 Å². The molecule has 0 unspecified atom stereocenters. The molecule has 0 fully saturated rings. The Morgan fingerprint density at radius 2 is 1.45 bits per heavy atom. The molecule has 1 aliphatic carbocycles. The molecule has 2 aliphatic rings. The summed E-state index contributed by atoms with van der Waals surface area (Å²) >= 11 is 1.84. The fourth-order valence-electron chi connectivity index (χ4n) is 3.25. The van der Waals surface area contributed by atoms with E-state index in [2.05, 4.69) is 128 Å². The molecule has 4 rings (SSSR count). The van der Waals surface area contributed by atoms with Gasteiger partial charge in [0.25, 0.3) is 0 Å². The van der Waals surface area contributed by atoms with Crippen molar-refractivity contribution in [3.05, 3.63) is 126 Å². The maximum Gasteiger partial charge on any atom is 0.199 e. The lowest BCUT2D eigenvalue weighted by molar-refractivity contribution is -0.462. The van der Waals surface area contributed by atoms with Crippen LogP contribution in [0.25, 0.3) is 10.5 Å². The van der Waals surface area contributed by atoms with Crippen LogP contribution in [-0.2, 0) is 0 Å². The van der Waals surface area contributed by atoms with Gasteiger partial charge in [0.1, 0.15) is 14.1 Å². The van der Waals surface area contributed by atoms with Crippen molar-refractivity contribution >= 4 is 28.0 Å². The number of hydrogen-bond donors (Lipinski definition) is 0. The molecule has 0 radical (unpaired) electrons. The van der Waals surface area contributed by atoms with Crippen molar-refractivity contribution in [1.82, 2.24) is 0 Å². The summed E-state index contributed by atoms with van der Waals surface area (Å²) in [6.07, 6.45) is 19.4. The van der Waals surface area contributed by atoms with Gasteiger partial charge < -0.3 is 0 Å². The molecular formula is C27H24NS+. The Morgan fingerprint density at radius 3 is 2.21 bits per heavy atom. The number of hydrogen-bond acceptors (Lipinski definition) is 1. The molecule has 0 N–H and O–H groups in total. The molecule has 0 amide bonds. The van der Waals surface area contributed by atoms with Crippen LogP contribution in [0.5, 0.6) is 0 Å². The van der Waals surface area contributed by atoms with E-state index >= 15 is 0 Å². The number of rotatable bonds is 3. The second kappa shape index (κ2) is 8.93. The van der Waals surface area contributed by atoms with Crippen molar-refractivity contribution in [3.63, 3.8) is 0 Å². The maximum atomic E-state index is 2.29. The monoisotopic (exact) mass is 394 g/mol. The molecule has 29 heavy (non-hydrogen) atoms. The lowest BCUT2D eigenvalue weighted by Crippen LogP contribution is -2.09. The predicted octanol–water partition coefficient (Wildman–Crippen LogP) is 6.54. The topological polar surface area (TPSA) is 3.01 Å². The Balaban J connectivity index is 1.60.